The maximum atomic E-state index is 12.9. The minimum Gasteiger partial charge on any atom is -0.481 e. The lowest BCUT2D eigenvalue weighted by molar-refractivity contribution is -0.141. The van der Waals surface area contributed by atoms with Gasteiger partial charge >= 0.3 is 5.97 Å². The van der Waals surface area contributed by atoms with Crippen molar-refractivity contribution in [2.24, 2.45) is 16.5 Å². The van der Waals surface area contributed by atoms with Crippen molar-refractivity contribution in [3.8, 4) is 0 Å². The number of aliphatic imine (C=N–C) groups is 1. The molecule has 0 saturated heterocycles. The van der Waals surface area contributed by atoms with Crippen molar-refractivity contribution in [1.29, 1.82) is 0 Å². The number of carbonyl (C=O) groups is 6. The molecule has 2 unspecified atom stereocenters. The molecule has 0 spiro atoms. The van der Waals surface area contributed by atoms with Gasteiger partial charge in [-0.15, -0.1) is 0 Å². The molecule has 5 amide bonds. The van der Waals surface area contributed by atoms with Gasteiger partial charge in [0.2, 0.25) is 23.6 Å². The predicted octanol–water partition coefficient (Wildman–Crippen LogP) is -3.00. The van der Waals surface area contributed by atoms with Crippen molar-refractivity contribution in [1.82, 2.24) is 26.2 Å². The molecule has 0 aromatic heterocycles. The molecule has 0 saturated carbocycles. The lowest BCUT2D eigenvalue weighted by atomic mass is 10.1. The van der Waals surface area contributed by atoms with E-state index in [4.69, 9.17) is 16.6 Å². The maximum Gasteiger partial charge on any atom is 0.305 e. The first-order valence-corrected chi connectivity index (χ1v) is 11.7. The molecule has 1 aromatic carbocycles. The number of nitrogens with two attached hydrogens (primary N) is 2. The first kappa shape index (κ1) is 29.5. The van der Waals surface area contributed by atoms with Crippen LogP contribution in [-0.4, -0.2) is 90.2 Å². The molecule has 2 atom stereocenters. The number of rotatable bonds is 6. The van der Waals surface area contributed by atoms with Gasteiger partial charge in [0, 0.05) is 25.7 Å². The topological polar surface area (TPSA) is 238 Å². The van der Waals surface area contributed by atoms with E-state index >= 15 is 0 Å². The van der Waals surface area contributed by atoms with E-state index in [1.165, 1.54) is 19.2 Å². The molecule has 0 fully saturated rings. The van der Waals surface area contributed by atoms with E-state index in [1.807, 2.05) is 0 Å². The number of fused-ring (bicyclic) bond motifs is 2. The molecular weight excluding hydrogens is 500 g/mol. The number of nitrogens with one attached hydrogen (secondary N) is 4. The van der Waals surface area contributed by atoms with Gasteiger partial charge in [0.15, 0.2) is 5.96 Å². The molecular formula is C23H32N8O7. The highest BCUT2D eigenvalue weighted by Crippen LogP contribution is 2.09. The third-order valence-corrected chi connectivity index (χ3v) is 5.60. The molecule has 206 valence electrons. The second-order valence-corrected chi connectivity index (χ2v) is 8.51. The number of hydrogen-bond acceptors (Lipinski definition) is 7. The number of carboxylic acids is 1. The van der Waals surface area contributed by atoms with Crippen LogP contribution in [0.25, 0.3) is 0 Å². The summed E-state index contributed by atoms with van der Waals surface area (Å²) in [5.74, 6) is -4.81. The molecule has 0 radical (unpaired) electrons. The van der Waals surface area contributed by atoms with Crippen LogP contribution in [0.4, 0.5) is 0 Å². The van der Waals surface area contributed by atoms with Crippen LogP contribution in [0.2, 0.25) is 0 Å². The SMILES string of the molecule is CN1C(=O)CNC(=O)c2cccc(c2)CNC(=O)C(CC(=O)O)NC(=O)CNC(=O)C1CCCN=C(N)N. The number of benzene rings is 1. The summed E-state index contributed by atoms with van der Waals surface area (Å²) >= 11 is 0. The quantitative estimate of drug-likeness (QED) is 0.112. The van der Waals surface area contributed by atoms with Crippen molar-refractivity contribution in [3.05, 3.63) is 35.4 Å². The summed E-state index contributed by atoms with van der Waals surface area (Å²) in [5.41, 5.74) is 11.4. The number of likely N-dealkylation sites (N-methyl/N-ethyl adjacent to an activating group) is 1. The Balaban J connectivity index is 2.31. The van der Waals surface area contributed by atoms with Crippen LogP contribution in [0, 0.1) is 0 Å². The first-order valence-electron chi connectivity index (χ1n) is 11.7. The molecule has 1 aliphatic rings. The van der Waals surface area contributed by atoms with E-state index in [2.05, 4.69) is 26.3 Å². The third kappa shape index (κ3) is 9.40. The highest BCUT2D eigenvalue weighted by Gasteiger charge is 2.28. The zero-order valence-corrected chi connectivity index (χ0v) is 20.9. The highest BCUT2D eigenvalue weighted by molar-refractivity contribution is 5.98. The van der Waals surface area contributed by atoms with Crippen molar-refractivity contribution >= 4 is 41.5 Å². The summed E-state index contributed by atoms with van der Waals surface area (Å²) in [4.78, 5) is 79.6. The Labute approximate surface area is 218 Å². The Morgan fingerprint density at radius 2 is 1.76 bits per heavy atom. The monoisotopic (exact) mass is 532 g/mol. The lowest BCUT2D eigenvalue weighted by Gasteiger charge is -2.27. The second kappa shape index (κ2) is 14.2. The minimum atomic E-state index is -1.41. The zero-order chi connectivity index (χ0) is 28.2. The average molecular weight is 533 g/mol. The van der Waals surface area contributed by atoms with Crippen molar-refractivity contribution < 1.29 is 33.9 Å². The second-order valence-electron chi connectivity index (χ2n) is 8.51. The summed E-state index contributed by atoms with van der Waals surface area (Å²) in [7, 11) is 1.38. The minimum absolute atomic E-state index is 0.0497. The summed E-state index contributed by atoms with van der Waals surface area (Å²) in [6.45, 7) is -0.835. The Bertz CT molecular complexity index is 1100. The number of carbonyl (C=O) groups excluding carboxylic acids is 5. The number of carboxylic acid groups (broad SMARTS) is 1. The van der Waals surface area contributed by atoms with Crippen molar-refractivity contribution in [2.75, 3.05) is 26.7 Å². The average Bonchev–Trinajstić information content (AvgIpc) is 2.87. The molecule has 38 heavy (non-hydrogen) atoms. The van der Waals surface area contributed by atoms with Gasteiger partial charge in [0.1, 0.15) is 12.1 Å². The molecule has 1 aliphatic heterocycles. The number of aliphatic carboxylic acids is 1. The normalized spacial score (nSPS) is 19.7. The molecule has 15 heteroatoms. The molecule has 2 rings (SSSR count). The molecule has 0 aliphatic carbocycles. The summed E-state index contributed by atoms with van der Waals surface area (Å²) in [6.07, 6.45) is -0.245. The Morgan fingerprint density at radius 1 is 1.05 bits per heavy atom. The van der Waals surface area contributed by atoms with E-state index in [1.54, 1.807) is 12.1 Å². The molecule has 15 nitrogen and oxygen atoms in total. The maximum absolute atomic E-state index is 12.9. The molecule has 2 bridgehead atoms. The van der Waals surface area contributed by atoms with Gasteiger partial charge in [-0.25, -0.2) is 0 Å². The van der Waals surface area contributed by atoms with E-state index < -0.39 is 67.1 Å². The van der Waals surface area contributed by atoms with Crippen LogP contribution in [0.5, 0.6) is 0 Å². The lowest BCUT2D eigenvalue weighted by Crippen LogP contribution is -2.53. The van der Waals surface area contributed by atoms with Gasteiger partial charge < -0.3 is 42.7 Å². The zero-order valence-electron chi connectivity index (χ0n) is 20.9. The van der Waals surface area contributed by atoms with Gasteiger partial charge in [-0.2, -0.15) is 0 Å². The number of guanidine groups is 1. The fourth-order valence-corrected chi connectivity index (χ4v) is 3.60. The van der Waals surface area contributed by atoms with Gasteiger partial charge in [-0.3, -0.25) is 33.8 Å². The van der Waals surface area contributed by atoms with E-state index in [9.17, 15) is 28.8 Å². The standard InChI is InChI=1S/C23H32N8O7/c1-31-16(6-3-7-26-23(24)25)22(38)28-11-17(32)30-15(9-19(34)35)21(37)27-10-13-4-2-5-14(8-13)20(36)29-12-18(31)33/h2,4-5,8,15-16H,3,6-7,9-12H2,1H3,(H,27,37)(H,28,38)(H,29,36)(H,30,32)(H,34,35)(H4,24,25,26). The van der Waals surface area contributed by atoms with Crippen LogP contribution in [0.3, 0.4) is 0 Å². The van der Waals surface area contributed by atoms with Crippen molar-refractivity contribution in [3.63, 3.8) is 0 Å². The van der Waals surface area contributed by atoms with Crippen LogP contribution < -0.4 is 32.7 Å². The van der Waals surface area contributed by atoms with Gasteiger partial charge in [-0.1, -0.05) is 12.1 Å². The van der Waals surface area contributed by atoms with E-state index in [-0.39, 0.29) is 31.0 Å². The first-order chi connectivity index (χ1) is 18.0. The summed E-state index contributed by atoms with van der Waals surface area (Å²) in [6, 6.07) is 3.78. The number of nitrogens with zero attached hydrogens (tertiary/aromatic N) is 2. The van der Waals surface area contributed by atoms with Crippen molar-refractivity contribution in [2.45, 2.75) is 37.9 Å². The predicted molar refractivity (Wildman–Crippen MR) is 134 cm³/mol. The highest BCUT2D eigenvalue weighted by atomic mass is 16.4. The third-order valence-electron chi connectivity index (χ3n) is 5.60. The van der Waals surface area contributed by atoms with Crippen LogP contribution in [-0.2, 0) is 30.5 Å². The van der Waals surface area contributed by atoms with Crippen LogP contribution in [0.1, 0.15) is 35.2 Å². The van der Waals surface area contributed by atoms with Crippen LogP contribution >= 0.6 is 0 Å². The largest absolute Gasteiger partial charge is 0.481 e. The smallest absolute Gasteiger partial charge is 0.305 e. The molecule has 1 aromatic rings. The fourth-order valence-electron chi connectivity index (χ4n) is 3.60. The molecule has 9 N–H and O–H groups in total. The summed E-state index contributed by atoms with van der Waals surface area (Å²) in [5, 5.41) is 18.9. The number of hydrogen-bond donors (Lipinski definition) is 7. The van der Waals surface area contributed by atoms with Gasteiger partial charge in [0.05, 0.1) is 19.5 Å². The summed E-state index contributed by atoms with van der Waals surface area (Å²) < 4.78 is 0. The molecule has 1 heterocycles. The Morgan fingerprint density at radius 3 is 2.45 bits per heavy atom. The fraction of sp³-hybridized carbons (Fsp3) is 0.435. The van der Waals surface area contributed by atoms with E-state index in [0.29, 0.717) is 12.0 Å². The van der Waals surface area contributed by atoms with Gasteiger partial charge in [0.25, 0.3) is 5.91 Å². The Hall–Kier alpha value is -4.69. The Kier molecular flexibility index (Phi) is 11.0. The van der Waals surface area contributed by atoms with Crippen LogP contribution in [0.15, 0.2) is 29.3 Å². The van der Waals surface area contributed by atoms with Gasteiger partial charge in [-0.05, 0) is 30.5 Å². The van der Waals surface area contributed by atoms with E-state index in [0.717, 1.165) is 4.90 Å². The number of amides is 5.